The average molecular weight is 383 g/mol. The van der Waals surface area contributed by atoms with Gasteiger partial charge < -0.3 is 10.2 Å². The lowest BCUT2D eigenvalue weighted by molar-refractivity contribution is -0.122. The number of nitrogens with zero attached hydrogens (tertiary/aromatic N) is 2. The van der Waals surface area contributed by atoms with Crippen molar-refractivity contribution in [1.29, 1.82) is 0 Å². The van der Waals surface area contributed by atoms with Crippen LogP contribution in [0.3, 0.4) is 0 Å². The van der Waals surface area contributed by atoms with Gasteiger partial charge in [-0.2, -0.15) is 0 Å². The largest absolute Gasteiger partial charge is 0.351 e. The summed E-state index contributed by atoms with van der Waals surface area (Å²) in [7, 11) is 0. The summed E-state index contributed by atoms with van der Waals surface area (Å²) in [5.41, 5.74) is 2.24. The van der Waals surface area contributed by atoms with Crippen molar-refractivity contribution >= 4 is 11.8 Å². The highest BCUT2D eigenvalue weighted by Gasteiger charge is 2.21. The highest BCUT2D eigenvalue weighted by molar-refractivity contribution is 5.94. The smallest absolute Gasteiger partial charge is 0.253 e. The molecule has 0 radical (unpaired) electrons. The SMILES string of the molecule is Cc1cccc(C(=O)N2CCCN(CC(=O)NCc3ccccc3F)CC2)c1. The van der Waals surface area contributed by atoms with Crippen molar-refractivity contribution < 1.29 is 14.0 Å². The number of halogens is 1. The molecule has 28 heavy (non-hydrogen) atoms. The van der Waals surface area contributed by atoms with Gasteiger partial charge in [0.1, 0.15) is 5.82 Å². The first kappa shape index (κ1) is 20.0. The molecule has 1 heterocycles. The second-order valence-electron chi connectivity index (χ2n) is 7.16. The number of benzene rings is 2. The van der Waals surface area contributed by atoms with E-state index in [0.29, 0.717) is 30.8 Å². The minimum atomic E-state index is -0.317. The van der Waals surface area contributed by atoms with Gasteiger partial charge >= 0.3 is 0 Å². The van der Waals surface area contributed by atoms with Crippen LogP contribution in [0.2, 0.25) is 0 Å². The Morgan fingerprint density at radius 3 is 2.64 bits per heavy atom. The lowest BCUT2D eigenvalue weighted by atomic mass is 10.1. The second kappa shape index (κ2) is 9.46. The zero-order valence-electron chi connectivity index (χ0n) is 16.2. The van der Waals surface area contributed by atoms with Crippen LogP contribution in [0.4, 0.5) is 4.39 Å². The lowest BCUT2D eigenvalue weighted by Crippen LogP contribution is -2.40. The molecule has 1 fully saturated rings. The van der Waals surface area contributed by atoms with Crippen LogP contribution >= 0.6 is 0 Å². The van der Waals surface area contributed by atoms with E-state index in [9.17, 15) is 14.0 Å². The molecule has 2 aromatic carbocycles. The molecular formula is C22H26FN3O2. The maximum absolute atomic E-state index is 13.6. The quantitative estimate of drug-likeness (QED) is 0.864. The van der Waals surface area contributed by atoms with Gasteiger partial charge in [-0.1, -0.05) is 35.9 Å². The number of hydrogen-bond donors (Lipinski definition) is 1. The highest BCUT2D eigenvalue weighted by Crippen LogP contribution is 2.11. The monoisotopic (exact) mass is 383 g/mol. The zero-order chi connectivity index (χ0) is 19.9. The fourth-order valence-corrected chi connectivity index (χ4v) is 3.39. The molecule has 0 aliphatic carbocycles. The van der Waals surface area contributed by atoms with E-state index >= 15 is 0 Å². The van der Waals surface area contributed by atoms with E-state index in [1.54, 1.807) is 18.2 Å². The van der Waals surface area contributed by atoms with E-state index in [-0.39, 0.29) is 30.7 Å². The fourth-order valence-electron chi connectivity index (χ4n) is 3.39. The number of amides is 2. The van der Waals surface area contributed by atoms with Crippen LogP contribution < -0.4 is 5.32 Å². The van der Waals surface area contributed by atoms with Crippen LogP contribution in [0.5, 0.6) is 0 Å². The molecule has 0 atom stereocenters. The van der Waals surface area contributed by atoms with Crippen LogP contribution in [-0.4, -0.2) is 54.3 Å². The van der Waals surface area contributed by atoms with Gasteiger partial charge in [-0.15, -0.1) is 0 Å². The zero-order valence-corrected chi connectivity index (χ0v) is 16.2. The van der Waals surface area contributed by atoms with Crippen molar-refractivity contribution in [3.8, 4) is 0 Å². The summed E-state index contributed by atoms with van der Waals surface area (Å²) in [6, 6.07) is 14.0. The van der Waals surface area contributed by atoms with Crippen LogP contribution in [0, 0.1) is 12.7 Å². The van der Waals surface area contributed by atoms with Gasteiger partial charge in [0.25, 0.3) is 5.91 Å². The number of carbonyl (C=O) groups excluding carboxylic acids is 2. The van der Waals surface area contributed by atoms with Gasteiger partial charge in [0, 0.05) is 43.9 Å². The summed E-state index contributed by atoms with van der Waals surface area (Å²) in [5, 5.41) is 2.77. The minimum absolute atomic E-state index is 0.0366. The summed E-state index contributed by atoms with van der Waals surface area (Å²) in [6.45, 7) is 5.07. The molecule has 5 nitrogen and oxygen atoms in total. The van der Waals surface area contributed by atoms with Crippen LogP contribution in [0.25, 0.3) is 0 Å². The van der Waals surface area contributed by atoms with Gasteiger partial charge in [0.05, 0.1) is 6.54 Å². The van der Waals surface area contributed by atoms with Crippen molar-refractivity contribution in [2.75, 3.05) is 32.7 Å². The topological polar surface area (TPSA) is 52.7 Å². The van der Waals surface area contributed by atoms with Gasteiger partial charge in [-0.05, 0) is 31.5 Å². The molecule has 1 N–H and O–H groups in total. The standard InChI is InChI=1S/C22H26FN3O2/c1-17-6-4-8-18(14-17)22(28)26-11-5-10-25(12-13-26)16-21(27)24-15-19-7-2-3-9-20(19)23/h2-4,6-9,14H,5,10-13,15-16H2,1H3,(H,24,27). The third-order valence-corrected chi connectivity index (χ3v) is 4.94. The molecule has 148 valence electrons. The predicted molar refractivity (Wildman–Crippen MR) is 106 cm³/mol. The minimum Gasteiger partial charge on any atom is -0.351 e. The normalized spacial score (nSPS) is 15.1. The predicted octanol–water partition coefficient (Wildman–Crippen LogP) is 2.60. The van der Waals surface area contributed by atoms with E-state index in [0.717, 1.165) is 18.5 Å². The first-order valence-electron chi connectivity index (χ1n) is 9.61. The Hall–Kier alpha value is -2.73. The molecular weight excluding hydrogens is 357 g/mol. The van der Waals surface area contributed by atoms with Gasteiger partial charge in [-0.25, -0.2) is 4.39 Å². The summed E-state index contributed by atoms with van der Waals surface area (Å²) in [4.78, 5) is 28.8. The number of rotatable bonds is 5. The number of hydrogen-bond acceptors (Lipinski definition) is 3. The van der Waals surface area contributed by atoms with Crippen molar-refractivity contribution in [3.05, 3.63) is 71.0 Å². The third-order valence-electron chi connectivity index (χ3n) is 4.94. The number of nitrogens with one attached hydrogen (secondary N) is 1. The molecule has 2 amide bonds. The second-order valence-corrected chi connectivity index (χ2v) is 7.16. The van der Waals surface area contributed by atoms with E-state index in [2.05, 4.69) is 5.32 Å². The summed E-state index contributed by atoms with van der Waals surface area (Å²) < 4.78 is 13.6. The average Bonchev–Trinajstić information content (AvgIpc) is 2.92. The van der Waals surface area contributed by atoms with E-state index in [4.69, 9.17) is 0 Å². The number of carbonyl (C=O) groups is 2. The molecule has 0 saturated carbocycles. The van der Waals surface area contributed by atoms with Crippen molar-refractivity contribution in [2.45, 2.75) is 19.9 Å². The Bertz CT molecular complexity index is 840. The maximum atomic E-state index is 13.6. The Morgan fingerprint density at radius 2 is 1.86 bits per heavy atom. The summed E-state index contributed by atoms with van der Waals surface area (Å²) in [6.07, 6.45) is 0.818. The van der Waals surface area contributed by atoms with E-state index in [1.807, 2.05) is 41.0 Å². The Labute approximate surface area is 165 Å². The molecule has 2 aromatic rings. The van der Waals surface area contributed by atoms with E-state index < -0.39 is 0 Å². The molecule has 0 spiro atoms. The summed E-state index contributed by atoms with van der Waals surface area (Å²) >= 11 is 0. The van der Waals surface area contributed by atoms with Crippen LogP contribution in [0.1, 0.15) is 27.9 Å². The van der Waals surface area contributed by atoms with E-state index in [1.165, 1.54) is 6.07 Å². The molecule has 0 bridgehead atoms. The molecule has 0 unspecified atom stereocenters. The maximum Gasteiger partial charge on any atom is 0.253 e. The van der Waals surface area contributed by atoms with Gasteiger partial charge in [0.15, 0.2) is 0 Å². The molecule has 1 aliphatic heterocycles. The van der Waals surface area contributed by atoms with Gasteiger partial charge in [0.2, 0.25) is 5.91 Å². The molecule has 3 rings (SSSR count). The first-order valence-corrected chi connectivity index (χ1v) is 9.61. The first-order chi connectivity index (χ1) is 13.5. The molecule has 0 aromatic heterocycles. The van der Waals surface area contributed by atoms with Crippen LogP contribution in [0.15, 0.2) is 48.5 Å². The third kappa shape index (κ3) is 5.39. The molecule has 1 aliphatic rings. The Morgan fingerprint density at radius 1 is 1.04 bits per heavy atom. The van der Waals surface area contributed by atoms with Crippen molar-refractivity contribution in [2.24, 2.45) is 0 Å². The fraction of sp³-hybridized carbons (Fsp3) is 0.364. The lowest BCUT2D eigenvalue weighted by Gasteiger charge is -2.22. The Kier molecular flexibility index (Phi) is 6.76. The van der Waals surface area contributed by atoms with Crippen molar-refractivity contribution in [1.82, 2.24) is 15.1 Å². The Balaban J connectivity index is 1.49. The summed E-state index contributed by atoms with van der Waals surface area (Å²) in [5.74, 6) is -0.417. The number of aryl methyl sites for hydroxylation is 1. The highest BCUT2D eigenvalue weighted by atomic mass is 19.1. The van der Waals surface area contributed by atoms with Crippen molar-refractivity contribution in [3.63, 3.8) is 0 Å². The molecule has 6 heteroatoms. The van der Waals surface area contributed by atoms with Gasteiger partial charge in [-0.3, -0.25) is 14.5 Å². The van der Waals surface area contributed by atoms with Crippen LogP contribution in [-0.2, 0) is 11.3 Å². The molecule has 1 saturated heterocycles.